The molecule has 17 heavy (non-hydrogen) atoms. The number of ether oxygens (including phenoxy) is 2. The van der Waals surface area contributed by atoms with Crippen molar-refractivity contribution < 1.29 is 9.47 Å². The van der Waals surface area contributed by atoms with E-state index in [2.05, 4.69) is 26.1 Å². The first-order chi connectivity index (χ1) is 8.08. The lowest BCUT2D eigenvalue weighted by Gasteiger charge is -2.09. The Morgan fingerprint density at radius 1 is 1.24 bits per heavy atom. The van der Waals surface area contributed by atoms with Crippen molar-refractivity contribution in [1.29, 1.82) is 0 Å². The van der Waals surface area contributed by atoms with Crippen LogP contribution in [0.2, 0.25) is 0 Å². The fourth-order valence-electron chi connectivity index (χ4n) is 1.13. The van der Waals surface area contributed by atoms with Gasteiger partial charge in [-0.15, -0.1) is 5.10 Å². The molecular weight excluding hydrogens is 288 g/mol. The molecule has 0 aliphatic carbocycles. The van der Waals surface area contributed by atoms with E-state index in [4.69, 9.17) is 20.9 Å². The quantitative estimate of drug-likeness (QED) is 0.494. The molecule has 1 rings (SSSR count). The minimum absolute atomic E-state index is 0.0992. The highest BCUT2D eigenvalue weighted by Gasteiger charge is 2.07. The monoisotopic (exact) mass is 300 g/mol. The maximum Gasteiger partial charge on any atom is 0.211 e. The maximum absolute atomic E-state index is 5.17. The molecule has 0 fully saturated rings. The molecule has 0 unspecified atom stereocenters. The second-order valence-electron chi connectivity index (χ2n) is 3.00. The second-order valence-corrected chi connectivity index (χ2v) is 3.85. The summed E-state index contributed by atoms with van der Waals surface area (Å²) < 4.78 is 11.1. The Kier molecular flexibility index (Phi) is 4.77. The lowest BCUT2D eigenvalue weighted by molar-refractivity contribution is 0.354. The number of hydrogen-bond donors (Lipinski definition) is 2. The Morgan fingerprint density at radius 3 is 2.35 bits per heavy atom. The van der Waals surface area contributed by atoms with Crippen LogP contribution in [0.1, 0.15) is 5.56 Å². The molecule has 0 amide bonds. The van der Waals surface area contributed by atoms with Crippen LogP contribution in [0.15, 0.2) is 26.8 Å². The van der Waals surface area contributed by atoms with E-state index in [-0.39, 0.29) is 5.96 Å². The average Bonchev–Trinajstić information content (AvgIpc) is 2.30. The van der Waals surface area contributed by atoms with Gasteiger partial charge in [0, 0.05) is 10.0 Å². The highest BCUT2D eigenvalue weighted by atomic mass is 79.9. The Morgan fingerprint density at radius 2 is 1.82 bits per heavy atom. The van der Waals surface area contributed by atoms with Crippen molar-refractivity contribution in [2.75, 3.05) is 14.2 Å². The molecule has 0 spiro atoms. The number of halogens is 1. The van der Waals surface area contributed by atoms with Crippen molar-refractivity contribution in [3.8, 4) is 11.5 Å². The standard InChI is InChI=1S/C10H13BrN4O2/c1-16-8-3-6(5-14-15-10(12)13)7(11)4-9(8)17-2/h3-5H,1-2H3,(H4,12,13,15). The molecule has 0 heterocycles. The first-order valence-electron chi connectivity index (χ1n) is 4.62. The van der Waals surface area contributed by atoms with E-state index in [0.29, 0.717) is 11.5 Å². The molecule has 7 heteroatoms. The summed E-state index contributed by atoms with van der Waals surface area (Å²) in [5.74, 6) is 1.12. The van der Waals surface area contributed by atoms with E-state index in [1.165, 1.54) is 6.21 Å². The van der Waals surface area contributed by atoms with E-state index < -0.39 is 0 Å². The molecule has 0 saturated heterocycles. The van der Waals surface area contributed by atoms with Crippen LogP contribution in [-0.4, -0.2) is 26.4 Å². The largest absolute Gasteiger partial charge is 0.493 e. The highest BCUT2D eigenvalue weighted by Crippen LogP contribution is 2.32. The van der Waals surface area contributed by atoms with Gasteiger partial charge in [-0.05, 0) is 28.1 Å². The van der Waals surface area contributed by atoms with Crippen molar-refractivity contribution in [2.45, 2.75) is 0 Å². The number of benzene rings is 1. The summed E-state index contributed by atoms with van der Waals surface area (Å²) in [6.07, 6.45) is 1.51. The first kappa shape index (κ1) is 13.3. The minimum atomic E-state index is -0.0992. The van der Waals surface area contributed by atoms with Crippen molar-refractivity contribution in [3.05, 3.63) is 22.2 Å². The fourth-order valence-corrected chi connectivity index (χ4v) is 1.55. The van der Waals surface area contributed by atoms with Crippen LogP contribution in [0, 0.1) is 0 Å². The molecule has 0 bridgehead atoms. The van der Waals surface area contributed by atoms with Gasteiger partial charge >= 0.3 is 0 Å². The normalized spacial score (nSPS) is 10.3. The van der Waals surface area contributed by atoms with Gasteiger partial charge in [0.05, 0.1) is 20.4 Å². The molecular formula is C10H13BrN4O2. The summed E-state index contributed by atoms with van der Waals surface area (Å²) in [4.78, 5) is 0. The number of rotatable bonds is 4. The zero-order valence-electron chi connectivity index (χ0n) is 9.48. The van der Waals surface area contributed by atoms with Crippen LogP contribution in [-0.2, 0) is 0 Å². The third-order valence-corrected chi connectivity index (χ3v) is 2.56. The zero-order chi connectivity index (χ0) is 12.8. The number of methoxy groups -OCH3 is 2. The lowest BCUT2D eigenvalue weighted by Crippen LogP contribution is -2.21. The van der Waals surface area contributed by atoms with Gasteiger partial charge in [0.15, 0.2) is 11.5 Å². The maximum atomic E-state index is 5.17. The van der Waals surface area contributed by atoms with E-state index >= 15 is 0 Å². The van der Waals surface area contributed by atoms with Crippen LogP contribution in [0.5, 0.6) is 11.5 Å². The van der Waals surface area contributed by atoms with Crippen molar-refractivity contribution >= 4 is 28.1 Å². The van der Waals surface area contributed by atoms with Gasteiger partial charge in [-0.25, -0.2) is 0 Å². The summed E-state index contributed by atoms with van der Waals surface area (Å²) in [5, 5.41) is 7.23. The SMILES string of the molecule is COc1cc(Br)c(C=NN=C(N)N)cc1OC. The first-order valence-corrected chi connectivity index (χ1v) is 5.41. The molecule has 4 N–H and O–H groups in total. The summed E-state index contributed by atoms with van der Waals surface area (Å²) in [6.45, 7) is 0. The summed E-state index contributed by atoms with van der Waals surface area (Å²) in [6, 6.07) is 3.53. The second kappa shape index (κ2) is 6.09. The highest BCUT2D eigenvalue weighted by molar-refractivity contribution is 9.10. The summed E-state index contributed by atoms with van der Waals surface area (Å²) >= 11 is 3.38. The molecule has 1 aromatic carbocycles. The van der Waals surface area contributed by atoms with Gasteiger partial charge in [0.25, 0.3) is 0 Å². The Hall–Kier alpha value is -1.76. The molecule has 0 aromatic heterocycles. The van der Waals surface area contributed by atoms with Gasteiger partial charge < -0.3 is 20.9 Å². The lowest BCUT2D eigenvalue weighted by atomic mass is 10.2. The van der Waals surface area contributed by atoms with Crippen LogP contribution in [0.3, 0.4) is 0 Å². The molecule has 0 aliphatic rings. The van der Waals surface area contributed by atoms with E-state index in [1.807, 2.05) is 0 Å². The molecule has 0 aliphatic heterocycles. The van der Waals surface area contributed by atoms with Gasteiger partial charge in [-0.3, -0.25) is 0 Å². The van der Waals surface area contributed by atoms with Gasteiger partial charge in [0.2, 0.25) is 5.96 Å². The Labute approximate surface area is 107 Å². The number of guanidine groups is 1. The van der Waals surface area contributed by atoms with Gasteiger partial charge in [0.1, 0.15) is 0 Å². The smallest absolute Gasteiger partial charge is 0.211 e. The zero-order valence-corrected chi connectivity index (χ0v) is 11.1. The van der Waals surface area contributed by atoms with Crippen LogP contribution in [0.25, 0.3) is 0 Å². The molecule has 0 atom stereocenters. The molecule has 0 saturated carbocycles. The topological polar surface area (TPSA) is 95.2 Å². The molecule has 92 valence electrons. The van der Waals surface area contributed by atoms with Crippen LogP contribution in [0.4, 0.5) is 0 Å². The van der Waals surface area contributed by atoms with Gasteiger partial charge in [-0.1, -0.05) is 0 Å². The fraction of sp³-hybridized carbons (Fsp3) is 0.200. The number of nitrogens with two attached hydrogens (primary N) is 2. The summed E-state index contributed by atoms with van der Waals surface area (Å²) in [5.41, 5.74) is 11.1. The van der Waals surface area contributed by atoms with Crippen molar-refractivity contribution in [3.63, 3.8) is 0 Å². The molecule has 6 nitrogen and oxygen atoms in total. The van der Waals surface area contributed by atoms with Gasteiger partial charge in [-0.2, -0.15) is 5.10 Å². The average molecular weight is 301 g/mol. The van der Waals surface area contributed by atoms with E-state index in [9.17, 15) is 0 Å². The summed E-state index contributed by atoms with van der Waals surface area (Å²) in [7, 11) is 3.13. The minimum Gasteiger partial charge on any atom is -0.493 e. The predicted molar refractivity (Wildman–Crippen MR) is 70.6 cm³/mol. The third-order valence-electron chi connectivity index (χ3n) is 1.87. The number of nitrogens with zero attached hydrogens (tertiary/aromatic N) is 2. The molecule has 0 radical (unpaired) electrons. The van der Waals surface area contributed by atoms with Crippen LogP contribution >= 0.6 is 15.9 Å². The van der Waals surface area contributed by atoms with Crippen molar-refractivity contribution in [2.24, 2.45) is 21.7 Å². The Balaban J connectivity index is 3.09. The predicted octanol–water partition coefficient (Wildman–Crippen LogP) is 1.07. The number of hydrogen-bond acceptors (Lipinski definition) is 4. The third kappa shape index (κ3) is 3.63. The van der Waals surface area contributed by atoms with Crippen molar-refractivity contribution in [1.82, 2.24) is 0 Å². The Bertz CT molecular complexity index is 456. The van der Waals surface area contributed by atoms with E-state index in [0.717, 1.165) is 10.0 Å². The van der Waals surface area contributed by atoms with E-state index in [1.54, 1.807) is 26.4 Å². The molecule has 1 aromatic rings. The van der Waals surface area contributed by atoms with Crippen LogP contribution < -0.4 is 20.9 Å².